The second-order valence-electron chi connectivity index (χ2n) is 8.75. The smallest absolute Gasteiger partial charge is 0.414 e. The van der Waals surface area contributed by atoms with E-state index in [4.69, 9.17) is 34.0 Å². The Bertz CT molecular complexity index is 853. The van der Waals surface area contributed by atoms with Crippen LogP contribution in [0.15, 0.2) is 24.3 Å². The van der Waals surface area contributed by atoms with Crippen molar-refractivity contribution in [2.24, 2.45) is 17.8 Å². The van der Waals surface area contributed by atoms with Gasteiger partial charge < -0.3 is 29.3 Å². The molecule has 3 atom stereocenters. The SMILES string of the molecule is COc1cc(OC)c(OC)cc1CN1CCN(CC2CC3C=CC2C3)CC1.O=C(O)C(=O)O. The number of nitrogens with zero attached hydrogens (tertiary/aromatic N) is 2. The van der Waals surface area contributed by atoms with Crippen LogP contribution in [0.5, 0.6) is 17.2 Å². The summed E-state index contributed by atoms with van der Waals surface area (Å²) in [7, 11) is 5.05. The molecule has 2 N–H and O–H groups in total. The maximum absolute atomic E-state index is 9.10. The Labute approximate surface area is 194 Å². The summed E-state index contributed by atoms with van der Waals surface area (Å²) in [6, 6.07) is 3.97. The molecule has 0 radical (unpaired) electrons. The lowest BCUT2D eigenvalue weighted by Crippen LogP contribution is -2.47. The van der Waals surface area contributed by atoms with Gasteiger partial charge in [0.05, 0.1) is 21.3 Å². The number of ether oxygens (including phenoxy) is 3. The molecule has 9 nitrogen and oxygen atoms in total. The van der Waals surface area contributed by atoms with E-state index in [0.29, 0.717) is 5.75 Å². The van der Waals surface area contributed by atoms with Crippen LogP contribution >= 0.6 is 0 Å². The molecule has 1 saturated carbocycles. The van der Waals surface area contributed by atoms with Gasteiger partial charge in [-0.3, -0.25) is 4.90 Å². The molecule has 1 aliphatic heterocycles. The summed E-state index contributed by atoms with van der Waals surface area (Å²) in [5.74, 6) is 1.30. The molecule has 0 aromatic heterocycles. The van der Waals surface area contributed by atoms with Crippen LogP contribution in [0.3, 0.4) is 0 Å². The van der Waals surface area contributed by atoms with Gasteiger partial charge in [-0.1, -0.05) is 12.2 Å². The van der Waals surface area contributed by atoms with Gasteiger partial charge in [-0.05, 0) is 36.7 Å². The highest BCUT2D eigenvalue weighted by atomic mass is 16.5. The Kier molecular flexibility index (Phi) is 8.57. The molecule has 33 heavy (non-hydrogen) atoms. The molecule has 0 spiro atoms. The number of carboxylic acids is 2. The van der Waals surface area contributed by atoms with Crippen molar-refractivity contribution < 1.29 is 34.0 Å². The average molecular weight is 463 g/mol. The minimum Gasteiger partial charge on any atom is -0.496 e. The molecule has 0 amide bonds. The molecule has 2 bridgehead atoms. The molecule has 1 aromatic carbocycles. The molecule has 2 fully saturated rings. The molecule has 9 heteroatoms. The molecular formula is C24H34N2O7. The van der Waals surface area contributed by atoms with Crippen molar-refractivity contribution in [3.8, 4) is 17.2 Å². The van der Waals surface area contributed by atoms with Crippen molar-refractivity contribution in [1.29, 1.82) is 0 Å². The fourth-order valence-corrected chi connectivity index (χ4v) is 5.02. The first kappa shape index (κ1) is 24.9. The topological polar surface area (TPSA) is 109 Å². The molecule has 3 aliphatic rings. The largest absolute Gasteiger partial charge is 0.496 e. The first-order chi connectivity index (χ1) is 15.8. The van der Waals surface area contributed by atoms with Crippen LogP contribution < -0.4 is 14.2 Å². The molecule has 2 aliphatic carbocycles. The van der Waals surface area contributed by atoms with Crippen LogP contribution in [0, 0.1) is 17.8 Å². The fourth-order valence-electron chi connectivity index (χ4n) is 5.02. The standard InChI is InChI=1S/C22H32N2O3.C2H2O4/c1-25-20-13-22(27-3)21(26-2)12-19(20)15-24-8-6-23(7-9-24)14-18-11-16-4-5-17(18)10-16;3-1(4)2(5)6/h4-5,12-13,16-18H,6-11,14-15H2,1-3H3;(H,3,4)(H,5,6). The van der Waals surface area contributed by atoms with E-state index in [0.717, 1.165) is 67.5 Å². The summed E-state index contributed by atoms with van der Waals surface area (Å²) in [6.07, 6.45) is 7.72. The first-order valence-electron chi connectivity index (χ1n) is 11.2. The lowest BCUT2D eigenvalue weighted by Gasteiger charge is -2.37. The number of fused-ring (bicyclic) bond motifs is 2. The van der Waals surface area contributed by atoms with E-state index in [1.807, 2.05) is 12.1 Å². The summed E-state index contributed by atoms with van der Waals surface area (Å²) in [6.45, 7) is 6.69. The van der Waals surface area contributed by atoms with Gasteiger partial charge in [0.1, 0.15) is 5.75 Å². The van der Waals surface area contributed by atoms with Crippen molar-refractivity contribution in [3.63, 3.8) is 0 Å². The van der Waals surface area contributed by atoms with Crippen LogP contribution in [0.4, 0.5) is 0 Å². The number of methoxy groups -OCH3 is 3. The zero-order valence-electron chi connectivity index (χ0n) is 19.5. The lowest BCUT2D eigenvalue weighted by atomic mass is 9.93. The van der Waals surface area contributed by atoms with Crippen LogP contribution in [-0.4, -0.2) is 86.0 Å². The predicted octanol–water partition coefficient (Wildman–Crippen LogP) is 2.20. The van der Waals surface area contributed by atoms with E-state index in [9.17, 15) is 0 Å². The summed E-state index contributed by atoms with van der Waals surface area (Å²) >= 11 is 0. The average Bonchev–Trinajstić information content (AvgIpc) is 3.43. The highest BCUT2D eigenvalue weighted by Gasteiger charge is 2.36. The van der Waals surface area contributed by atoms with Crippen LogP contribution in [-0.2, 0) is 16.1 Å². The monoisotopic (exact) mass is 462 g/mol. The van der Waals surface area contributed by atoms with Crippen LogP contribution in [0.25, 0.3) is 0 Å². The molecule has 1 aromatic rings. The Morgan fingerprint density at radius 1 is 0.848 bits per heavy atom. The van der Waals surface area contributed by atoms with Crippen LogP contribution in [0.2, 0.25) is 0 Å². The number of benzene rings is 1. The Morgan fingerprint density at radius 2 is 1.42 bits per heavy atom. The number of carbonyl (C=O) groups is 2. The summed E-state index contributed by atoms with van der Waals surface area (Å²) in [4.78, 5) is 23.4. The van der Waals surface area contributed by atoms with Crippen molar-refractivity contribution in [1.82, 2.24) is 9.80 Å². The molecular weight excluding hydrogens is 428 g/mol. The van der Waals surface area contributed by atoms with Gasteiger partial charge in [-0.15, -0.1) is 0 Å². The van der Waals surface area contributed by atoms with E-state index in [1.165, 1.54) is 19.4 Å². The van der Waals surface area contributed by atoms with Gasteiger partial charge in [0.15, 0.2) is 11.5 Å². The Balaban J connectivity index is 0.000000454. The molecule has 1 heterocycles. The normalized spacial score (nSPS) is 24.2. The Morgan fingerprint density at radius 3 is 1.91 bits per heavy atom. The fraction of sp³-hybridized carbons (Fsp3) is 0.583. The molecule has 1 saturated heterocycles. The summed E-state index contributed by atoms with van der Waals surface area (Å²) < 4.78 is 16.4. The van der Waals surface area contributed by atoms with Gasteiger partial charge in [0, 0.05) is 50.9 Å². The minimum atomic E-state index is -1.82. The van der Waals surface area contributed by atoms with Crippen molar-refractivity contribution in [2.75, 3.05) is 54.1 Å². The van der Waals surface area contributed by atoms with E-state index < -0.39 is 11.9 Å². The highest BCUT2D eigenvalue weighted by molar-refractivity contribution is 6.27. The van der Waals surface area contributed by atoms with E-state index in [2.05, 4.69) is 22.0 Å². The van der Waals surface area contributed by atoms with Crippen molar-refractivity contribution >= 4 is 11.9 Å². The number of rotatable bonds is 7. The third-order valence-electron chi connectivity index (χ3n) is 6.74. The zero-order chi connectivity index (χ0) is 24.0. The molecule has 3 unspecified atom stereocenters. The quantitative estimate of drug-likeness (QED) is 0.466. The van der Waals surface area contributed by atoms with E-state index >= 15 is 0 Å². The summed E-state index contributed by atoms with van der Waals surface area (Å²) in [5, 5.41) is 14.8. The number of piperazine rings is 1. The number of hydrogen-bond donors (Lipinski definition) is 2. The third-order valence-corrected chi connectivity index (χ3v) is 6.74. The van der Waals surface area contributed by atoms with Crippen molar-refractivity contribution in [2.45, 2.75) is 19.4 Å². The number of aliphatic carboxylic acids is 2. The zero-order valence-corrected chi connectivity index (χ0v) is 19.5. The van der Waals surface area contributed by atoms with Crippen LogP contribution in [0.1, 0.15) is 18.4 Å². The van der Waals surface area contributed by atoms with Gasteiger partial charge in [-0.25, -0.2) is 9.59 Å². The second-order valence-corrected chi connectivity index (χ2v) is 8.75. The van der Waals surface area contributed by atoms with Gasteiger partial charge in [0.2, 0.25) is 0 Å². The lowest BCUT2D eigenvalue weighted by molar-refractivity contribution is -0.159. The van der Waals surface area contributed by atoms with Crippen molar-refractivity contribution in [3.05, 3.63) is 29.8 Å². The maximum atomic E-state index is 9.10. The van der Waals surface area contributed by atoms with E-state index in [-0.39, 0.29) is 0 Å². The Hall–Kier alpha value is -2.78. The van der Waals surface area contributed by atoms with E-state index in [1.54, 1.807) is 21.3 Å². The highest BCUT2D eigenvalue weighted by Crippen LogP contribution is 2.43. The second kappa shape index (κ2) is 11.4. The predicted molar refractivity (Wildman–Crippen MR) is 122 cm³/mol. The van der Waals surface area contributed by atoms with Gasteiger partial charge in [0.25, 0.3) is 0 Å². The minimum absolute atomic E-state index is 0.711. The van der Waals surface area contributed by atoms with Gasteiger partial charge in [-0.2, -0.15) is 0 Å². The molecule has 182 valence electrons. The number of allylic oxidation sites excluding steroid dienone is 2. The third kappa shape index (κ3) is 6.39. The van der Waals surface area contributed by atoms with Gasteiger partial charge >= 0.3 is 11.9 Å². The number of hydrogen-bond acceptors (Lipinski definition) is 7. The number of carboxylic acid groups (broad SMARTS) is 2. The maximum Gasteiger partial charge on any atom is 0.414 e. The summed E-state index contributed by atoms with van der Waals surface area (Å²) in [5.41, 5.74) is 1.15. The molecule has 4 rings (SSSR count). The first-order valence-corrected chi connectivity index (χ1v) is 11.2.